The normalized spacial score (nSPS) is 26.0. The van der Waals surface area contributed by atoms with Gasteiger partial charge in [-0.3, -0.25) is 4.79 Å². The number of ether oxygens (including phenoxy) is 2. The standard InChI is InChI=1S/C23H36O5Si/c1-23(2,3)29(5,6)27-14-17-18(24)13-19-21(17)16-11-7-9-15(22(16)28-19)10-8-12-20(25)26-4/h7,9,11,17-19,21,24H,8,10,12-14H2,1-6H3/t17-,18+,19-,21?/m0/s1. The Bertz CT molecular complexity index is 739. The highest BCUT2D eigenvalue weighted by molar-refractivity contribution is 6.74. The first kappa shape index (κ1) is 22.3. The molecule has 0 bridgehead atoms. The Morgan fingerprint density at radius 1 is 1.31 bits per heavy atom. The van der Waals surface area contributed by atoms with Gasteiger partial charge in [0.15, 0.2) is 8.32 Å². The highest BCUT2D eigenvalue weighted by atomic mass is 28.4. The van der Waals surface area contributed by atoms with Crippen molar-refractivity contribution in [3.05, 3.63) is 29.3 Å². The average Bonchev–Trinajstić information content (AvgIpc) is 3.14. The maximum absolute atomic E-state index is 11.4. The highest BCUT2D eigenvalue weighted by Gasteiger charge is 2.51. The predicted octanol–water partition coefficient (Wildman–Crippen LogP) is 4.43. The van der Waals surface area contributed by atoms with E-state index in [0.717, 1.165) is 24.2 Å². The van der Waals surface area contributed by atoms with Crippen molar-refractivity contribution in [1.82, 2.24) is 0 Å². The maximum Gasteiger partial charge on any atom is 0.305 e. The van der Waals surface area contributed by atoms with Crippen molar-refractivity contribution in [2.75, 3.05) is 13.7 Å². The average molecular weight is 421 g/mol. The number of methoxy groups -OCH3 is 1. The largest absolute Gasteiger partial charge is 0.489 e. The van der Waals surface area contributed by atoms with E-state index in [1.165, 1.54) is 12.7 Å². The Morgan fingerprint density at radius 2 is 2.03 bits per heavy atom. The molecule has 1 aliphatic heterocycles. The van der Waals surface area contributed by atoms with Gasteiger partial charge in [0.25, 0.3) is 0 Å². The molecule has 5 nitrogen and oxygen atoms in total. The number of carbonyl (C=O) groups is 1. The first-order chi connectivity index (χ1) is 13.5. The van der Waals surface area contributed by atoms with Gasteiger partial charge in [-0.2, -0.15) is 0 Å². The number of hydrogen-bond donors (Lipinski definition) is 1. The van der Waals surface area contributed by atoms with Crippen LogP contribution in [0.15, 0.2) is 18.2 Å². The molecule has 1 aromatic carbocycles. The van der Waals surface area contributed by atoms with Gasteiger partial charge in [0, 0.05) is 36.8 Å². The molecular weight excluding hydrogens is 384 g/mol. The van der Waals surface area contributed by atoms with Crippen LogP contribution in [-0.4, -0.2) is 45.3 Å². The second-order valence-corrected chi connectivity index (χ2v) is 14.8. The molecule has 3 rings (SSSR count). The number of carbonyl (C=O) groups excluding carboxylic acids is 1. The second-order valence-electron chi connectivity index (χ2n) is 9.99. The number of esters is 1. The van der Waals surface area contributed by atoms with Crippen LogP contribution in [0.4, 0.5) is 0 Å². The third-order valence-electron chi connectivity index (χ3n) is 7.08. The van der Waals surface area contributed by atoms with Crippen LogP contribution in [-0.2, 0) is 20.4 Å². The first-order valence-corrected chi connectivity index (χ1v) is 13.6. The minimum Gasteiger partial charge on any atom is -0.489 e. The summed E-state index contributed by atoms with van der Waals surface area (Å²) in [6.07, 6.45) is 2.19. The molecule has 162 valence electrons. The van der Waals surface area contributed by atoms with Crippen LogP contribution in [0.3, 0.4) is 0 Å². The summed E-state index contributed by atoms with van der Waals surface area (Å²) in [5.74, 6) is 1.00. The van der Waals surface area contributed by atoms with Crippen molar-refractivity contribution in [1.29, 1.82) is 0 Å². The van der Waals surface area contributed by atoms with E-state index in [9.17, 15) is 9.90 Å². The number of para-hydroxylation sites is 1. The Kier molecular flexibility index (Phi) is 6.46. The second kappa shape index (κ2) is 8.40. The molecule has 1 unspecified atom stereocenters. The Balaban J connectivity index is 1.74. The first-order valence-electron chi connectivity index (χ1n) is 10.7. The topological polar surface area (TPSA) is 65.0 Å². The molecular formula is C23H36O5Si. The third kappa shape index (κ3) is 4.54. The molecule has 1 N–H and O–H groups in total. The molecule has 4 atom stereocenters. The van der Waals surface area contributed by atoms with Gasteiger partial charge in [-0.15, -0.1) is 0 Å². The Morgan fingerprint density at radius 3 is 2.69 bits per heavy atom. The van der Waals surface area contributed by atoms with Gasteiger partial charge >= 0.3 is 5.97 Å². The maximum atomic E-state index is 11.4. The molecule has 1 aromatic rings. The van der Waals surface area contributed by atoms with Crippen molar-refractivity contribution < 1.29 is 23.8 Å². The van der Waals surface area contributed by atoms with Crippen LogP contribution >= 0.6 is 0 Å². The lowest BCUT2D eigenvalue weighted by Gasteiger charge is -2.37. The summed E-state index contributed by atoms with van der Waals surface area (Å²) in [6, 6.07) is 6.27. The van der Waals surface area contributed by atoms with Crippen LogP contribution < -0.4 is 4.74 Å². The fourth-order valence-electron chi connectivity index (χ4n) is 4.25. The lowest BCUT2D eigenvalue weighted by molar-refractivity contribution is -0.140. The minimum absolute atomic E-state index is 0.00905. The summed E-state index contributed by atoms with van der Waals surface area (Å²) in [7, 11) is -0.455. The number of aliphatic hydroxyl groups excluding tert-OH is 1. The number of aliphatic hydroxyl groups is 1. The van der Waals surface area contributed by atoms with Crippen LogP contribution in [0.25, 0.3) is 0 Å². The van der Waals surface area contributed by atoms with Crippen LogP contribution in [0.2, 0.25) is 18.1 Å². The third-order valence-corrected chi connectivity index (χ3v) is 11.6. The van der Waals surface area contributed by atoms with Gasteiger partial charge < -0.3 is 19.0 Å². The van der Waals surface area contributed by atoms with Gasteiger partial charge in [-0.05, 0) is 36.5 Å². The summed E-state index contributed by atoms with van der Waals surface area (Å²) < 4.78 is 17.5. The molecule has 1 aliphatic carbocycles. The minimum atomic E-state index is -1.88. The van der Waals surface area contributed by atoms with Gasteiger partial charge in [-0.25, -0.2) is 0 Å². The van der Waals surface area contributed by atoms with Crippen molar-refractivity contribution in [2.24, 2.45) is 5.92 Å². The number of hydrogen-bond acceptors (Lipinski definition) is 5. The molecule has 1 fully saturated rings. The number of benzene rings is 1. The number of fused-ring (bicyclic) bond motifs is 3. The molecule has 1 saturated carbocycles. The quantitative estimate of drug-likeness (QED) is 0.522. The zero-order valence-electron chi connectivity index (χ0n) is 18.7. The van der Waals surface area contributed by atoms with Crippen molar-refractivity contribution >= 4 is 14.3 Å². The molecule has 0 saturated heterocycles. The van der Waals surface area contributed by atoms with E-state index in [1.807, 2.05) is 0 Å². The highest BCUT2D eigenvalue weighted by Crippen LogP contribution is 2.52. The zero-order chi connectivity index (χ0) is 21.4. The fourth-order valence-corrected chi connectivity index (χ4v) is 5.29. The van der Waals surface area contributed by atoms with Crippen LogP contribution in [0.5, 0.6) is 5.75 Å². The summed E-state index contributed by atoms with van der Waals surface area (Å²) in [5.41, 5.74) is 2.32. The van der Waals surface area contributed by atoms with Crippen LogP contribution in [0.1, 0.15) is 57.1 Å². The van der Waals surface area contributed by atoms with E-state index >= 15 is 0 Å². The van der Waals surface area contributed by atoms with E-state index in [-0.39, 0.29) is 28.9 Å². The lowest BCUT2D eigenvalue weighted by Crippen LogP contribution is -2.43. The molecule has 1 heterocycles. The van der Waals surface area contributed by atoms with Gasteiger partial charge in [-0.1, -0.05) is 39.0 Å². The number of aryl methyl sites for hydroxylation is 1. The molecule has 0 amide bonds. The molecule has 6 heteroatoms. The smallest absolute Gasteiger partial charge is 0.305 e. The van der Waals surface area contributed by atoms with E-state index < -0.39 is 14.4 Å². The van der Waals surface area contributed by atoms with Crippen LogP contribution in [0, 0.1) is 5.92 Å². The molecule has 0 spiro atoms. The number of rotatable bonds is 7. The summed E-state index contributed by atoms with van der Waals surface area (Å²) >= 11 is 0. The van der Waals surface area contributed by atoms with Gasteiger partial charge in [0.2, 0.25) is 0 Å². The van der Waals surface area contributed by atoms with E-state index in [2.05, 4.69) is 52.1 Å². The fraction of sp³-hybridized carbons (Fsp3) is 0.696. The molecule has 29 heavy (non-hydrogen) atoms. The molecule has 2 aliphatic rings. The Hall–Kier alpha value is -1.37. The predicted molar refractivity (Wildman–Crippen MR) is 116 cm³/mol. The van der Waals surface area contributed by atoms with Gasteiger partial charge in [0.05, 0.1) is 13.2 Å². The van der Waals surface area contributed by atoms with Crippen molar-refractivity contribution in [3.8, 4) is 5.75 Å². The molecule has 0 radical (unpaired) electrons. The summed E-state index contributed by atoms with van der Waals surface area (Å²) in [5, 5.41) is 10.9. The van der Waals surface area contributed by atoms with Gasteiger partial charge in [0.1, 0.15) is 11.9 Å². The van der Waals surface area contributed by atoms with Crippen molar-refractivity contribution in [3.63, 3.8) is 0 Å². The Labute approximate surface area is 175 Å². The monoisotopic (exact) mass is 420 g/mol. The SMILES string of the molecule is COC(=O)CCCc1cccc2c1O[C@H]1C[C@@H](O)[C@H](CO[Si](C)(C)C(C)(C)C)C21. The lowest BCUT2D eigenvalue weighted by atomic mass is 9.87. The van der Waals surface area contributed by atoms with Crippen molar-refractivity contribution in [2.45, 2.75) is 82.7 Å². The zero-order valence-corrected chi connectivity index (χ0v) is 19.7. The summed E-state index contributed by atoms with van der Waals surface area (Å²) in [4.78, 5) is 11.4. The van der Waals surface area contributed by atoms with E-state index in [1.54, 1.807) is 0 Å². The van der Waals surface area contributed by atoms with E-state index in [4.69, 9.17) is 13.9 Å². The molecule has 0 aromatic heterocycles. The van der Waals surface area contributed by atoms with E-state index in [0.29, 0.717) is 19.4 Å². The summed E-state index contributed by atoms with van der Waals surface area (Å²) in [6.45, 7) is 11.8.